The average Bonchev–Trinajstić information content (AvgIpc) is 2.99. The minimum Gasteiger partial charge on any atom is -0.350 e. The molecule has 122 valence electrons. The molecule has 3 rings (SSSR count). The van der Waals surface area contributed by atoms with Gasteiger partial charge in [0.1, 0.15) is 0 Å². The first-order valence-corrected chi connectivity index (χ1v) is 9.38. The second-order valence-corrected chi connectivity index (χ2v) is 6.88. The van der Waals surface area contributed by atoms with Crippen LogP contribution in [0.3, 0.4) is 0 Å². The fourth-order valence-corrected chi connectivity index (χ4v) is 3.92. The van der Waals surface area contributed by atoms with Gasteiger partial charge in [-0.25, -0.2) is 0 Å². The summed E-state index contributed by atoms with van der Waals surface area (Å²) in [5, 5.41) is 7.47. The van der Waals surface area contributed by atoms with Crippen molar-refractivity contribution in [1.82, 2.24) is 10.2 Å². The van der Waals surface area contributed by atoms with E-state index in [2.05, 4.69) is 27.0 Å². The third-order valence-electron chi connectivity index (χ3n) is 4.50. The van der Waals surface area contributed by atoms with Gasteiger partial charge in [-0.2, -0.15) is 11.3 Å². The molecular formula is C19H24N2OS. The first-order chi connectivity index (χ1) is 11.3. The Morgan fingerprint density at radius 2 is 1.83 bits per heavy atom. The van der Waals surface area contributed by atoms with Crippen LogP contribution in [0.1, 0.15) is 47.6 Å². The van der Waals surface area contributed by atoms with Crippen molar-refractivity contribution in [3.05, 3.63) is 58.3 Å². The van der Waals surface area contributed by atoms with E-state index in [9.17, 15) is 4.79 Å². The van der Waals surface area contributed by atoms with Crippen molar-refractivity contribution in [2.45, 2.75) is 31.7 Å². The van der Waals surface area contributed by atoms with Crippen LogP contribution in [0.25, 0.3) is 0 Å². The predicted molar refractivity (Wildman–Crippen MR) is 95.9 cm³/mol. The van der Waals surface area contributed by atoms with Gasteiger partial charge < -0.3 is 5.32 Å². The Labute approximate surface area is 142 Å². The zero-order chi connectivity index (χ0) is 15.9. The Hall–Kier alpha value is -1.65. The van der Waals surface area contributed by atoms with Gasteiger partial charge in [0.05, 0.1) is 6.04 Å². The molecule has 0 radical (unpaired) electrons. The summed E-state index contributed by atoms with van der Waals surface area (Å²) in [5.41, 5.74) is 2.05. The van der Waals surface area contributed by atoms with Gasteiger partial charge in [-0.1, -0.05) is 31.0 Å². The lowest BCUT2D eigenvalue weighted by molar-refractivity contribution is 0.0933. The molecule has 23 heavy (non-hydrogen) atoms. The highest BCUT2D eigenvalue weighted by atomic mass is 32.1. The fraction of sp³-hybridized carbons (Fsp3) is 0.421. The van der Waals surface area contributed by atoms with Crippen LogP contribution in [0, 0.1) is 0 Å². The van der Waals surface area contributed by atoms with Crippen molar-refractivity contribution < 1.29 is 4.79 Å². The number of hydrogen-bond donors (Lipinski definition) is 1. The molecule has 3 nitrogen and oxygen atoms in total. The largest absolute Gasteiger partial charge is 0.350 e. The van der Waals surface area contributed by atoms with Gasteiger partial charge in [-0.05, 0) is 60.5 Å². The van der Waals surface area contributed by atoms with Crippen LogP contribution >= 0.6 is 11.3 Å². The summed E-state index contributed by atoms with van der Waals surface area (Å²) in [6, 6.07) is 11.9. The van der Waals surface area contributed by atoms with Crippen LogP contribution in [-0.4, -0.2) is 30.4 Å². The first kappa shape index (κ1) is 16.2. The maximum atomic E-state index is 12.3. The van der Waals surface area contributed by atoms with E-state index in [1.165, 1.54) is 31.2 Å². The minimum atomic E-state index is 0.0145. The minimum absolute atomic E-state index is 0.0145. The zero-order valence-electron chi connectivity index (χ0n) is 13.4. The summed E-state index contributed by atoms with van der Waals surface area (Å²) in [6.07, 6.45) is 5.16. The Bertz CT molecular complexity index is 589. The molecule has 1 aromatic heterocycles. The molecule has 1 aliphatic heterocycles. The number of hydrogen-bond acceptors (Lipinski definition) is 3. The highest BCUT2D eigenvalue weighted by Gasteiger charge is 2.22. The lowest BCUT2D eigenvalue weighted by Gasteiger charge is -2.30. The van der Waals surface area contributed by atoms with Gasteiger partial charge in [-0.15, -0.1) is 0 Å². The SMILES string of the molecule is O=C(NCC(c1ccsc1)N1CCCCCC1)c1ccccc1. The van der Waals surface area contributed by atoms with Crippen molar-refractivity contribution >= 4 is 17.2 Å². The molecule has 1 saturated heterocycles. The average molecular weight is 328 g/mol. The molecule has 1 N–H and O–H groups in total. The summed E-state index contributed by atoms with van der Waals surface area (Å²) in [7, 11) is 0. The molecule has 0 bridgehead atoms. The van der Waals surface area contributed by atoms with E-state index in [1.54, 1.807) is 11.3 Å². The van der Waals surface area contributed by atoms with Gasteiger partial charge >= 0.3 is 0 Å². The molecule has 1 amide bonds. The molecule has 1 aliphatic rings. The zero-order valence-corrected chi connectivity index (χ0v) is 14.2. The number of benzene rings is 1. The third kappa shape index (κ3) is 4.43. The molecule has 1 unspecified atom stereocenters. The summed E-state index contributed by atoms with van der Waals surface area (Å²) < 4.78 is 0. The highest BCUT2D eigenvalue weighted by Crippen LogP contribution is 2.25. The molecule has 1 aromatic carbocycles. The first-order valence-electron chi connectivity index (χ1n) is 8.44. The van der Waals surface area contributed by atoms with E-state index in [4.69, 9.17) is 0 Å². The molecule has 0 saturated carbocycles. The quantitative estimate of drug-likeness (QED) is 0.896. The number of amides is 1. The van der Waals surface area contributed by atoms with E-state index >= 15 is 0 Å². The number of likely N-dealkylation sites (tertiary alicyclic amines) is 1. The van der Waals surface area contributed by atoms with Gasteiger partial charge in [0.2, 0.25) is 0 Å². The summed E-state index contributed by atoms with van der Waals surface area (Å²) in [5.74, 6) is 0.0145. The number of thiophene rings is 1. The molecule has 0 spiro atoms. The summed E-state index contributed by atoms with van der Waals surface area (Å²) >= 11 is 1.73. The van der Waals surface area contributed by atoms with Crippen molar-refractivity contribution in [1.29, 1.82) is 0 Å². The van der Waals surface area contributed by atoms with E-state index in [0.29, 0.717) is 6.54 Å². The molecule has 2 aromatic rings. The smallest absolute Gasteiger partial charge is 0.251 e. The number of nitrogens with zero attached hydrogens (tertiary/aromatic N) is 1. The number of carbonyl (C=O) groups is 1. The molecule has 4 heteroatoms. The van der Waals surface area contributed by atoms with Crippen LogP contribution in [0.2, 0.25) is 0 Å². The Morgan fingerprint density at radius 3 is 2.48 bits per heavy atom. The molecule has 1 atom stereocenters. The van der Waals surface area contributed by atoms with Crippen LogP contribution in [0.15, 0.2) is 47.2 Å². The van der Waals surface area contributed by atoms with Gasteiger partial charge in [0.15, 0.2) is 0 Å². The van der Waals surface area contributed by atoms with Gasteiger partial charge in [-0.3, -0.25) is 9.69 Å². The second kappa shape index (κ2) is 8.27. The molecule has 1 fully saturated rings. The van der Waals surface area contributed by atoms with Crippen LogP contribution in [0.4, 0.5) is 0 Å². The van der Waals surface area contributed by atoms with Crippen LogP contribution in [-0.2, 0) is 0 Å². The van der Waals surface area contributed by atoms with Crippen molar-refractivity contribution in [3.8, 4) is 0 Å². The van der Waals surface area contributed by atoms with E-state index in [-0.39, 0.29) is 11.9 Å². The Morgan fingerprint density at radius 1 is 1.09 bits per heavy atom. The molecule has 2 heterocycles. The molecular weight excluding hydrogens is 304 g/mol. The van der Waals surface area contributed by atoms with E-state index in [1.807, 2.05) is 30.3 Å². The predicted octanol–water partition coefficient (Wildman–Crippen LogP) is 4.10. The number of nitrogens with one attached hydrogen (secondary N) is 1. The van der Waals surface area contributed by atoms with Crippen LogP contribution in [0.5, 0.6) is 0 Å². The van der Waals surface area contributed by atoms with Crippen molar-refractivity contribution in [2.24, 2.45) is 0 Å². The van der Waals surface area contributed by atoms with Crippen LogP contribution < -0.4 is 5.32 Å². The van der Waals surface area contributed by atoms with E-state index in [0.717, 1.165) is 18.7 Å². The maximum absolute atomic E-state index is 12.3. The van der Waals surface area contributed by atoms with Crippen molar-refractivity contribution in [2.75, 3.05) is 19.6 Å². The monoisotopic (exact) mass is 328 g/mol. The maximum Gasteiger partial charge on any atom is 0.251 e. The highest BCUT2D eigenvalue weighted by molar-refractivity contribution is 7.07. The second-order valence-electron chi connectivity index (χ2n) is 6.10. The number of carbonyl (C=O) groups excluding carboxylic acids is 1. The van der Waals surface area contributed by atoms with Crippen molar-refractivity contribution in [3.63, 3.8) is 0 Å². The fourth-order valence-electron chi connectivity index (χ4n) is 3.21. The van der Waals surface area contributed by atoms with E-state index < -0.39 is 0 Å². The summed E-state index contributed by atoms with van der Waals surface area (Å²) in [4.78, 5) is 14.9. The standard InChI is InChI=1S/C19H24N2OS/c22-19(16-8-4-3-5-9-16)20-14-18(17-10-13-23-15-17)21-11-6-1-2-7-12-21/h3-5,8-10,13,15,18H,1-2,6-7,11-12,14H2,(H,20,22). The normalized spacial score (nSPS) is 17.4. The summed E-state index contributed by atoms with van der Waals surface area (Å²) in [6.45, 7) is 2.92. The lowest BCUT2D eigenvalue weighted by Crippen LogP contribution is -2.38. The van der Waals surface area contributed by atoms with Gasteiger partial charge in [0, 0.05) is 12.1 Å². The topological polar surface area (TPSA) is 32.3 Å². The van der Waals surface area contributed by atoms with Gasteiger partial charge in [0.25, 0.3) is 5.91 Å². The lowest BCUT2D eigenvalue weighted by atomic mass is 10.1. The Balaban J connectivity index is 1.67. The molecule has 0 aliphatic carbocycles. The third-order valence-corrected chi connectivity index (χ3v) is 5.20. The number of rotatable bonds is 5. The Kier molecular flexibility index (Phi) is 5.83.